The zero-order valence-electron chi connectivity index (χ0n) is 15.0. The molecule has 0 unspecified atom stereocenters. The summed E-state index contributed by atoms with van der Waals surface area (Å²) >= 11 is 0. The monoisotopic (exact) mass is 395 g/mol. The van der Waals surface area contributed by atoms with Crippen molar-refractivity contribution in [1.82, 2.24) is 5.32 Å². The van der Waals surface area contributed by atoms with E-state index < -0.39 is 24.1 Å². The van der Waals surface area contributed by atoms with Crippen molar-refractivity contribution in [2.75, 3.05) is 19.8 Å². The van der Waals surface area contributed by atoms with Gasteiger partial charge in [-0.3, -0.25) is 4.79 Å². The van der Waals surface area contributed by atoms with Crippen LogP contribution in [0.25, 0.3) is 0 Å². The van der Waals surface area contributed by atoms with E-state index >= 15 is 0 Å². The first-order chi connectivity index (χ1) is 13.3. The van der Waals surface area contributed by atoms with E-state index in [1.165, 1.54) is 18.2 Å². The number of fused-ring (bicyclic) bond motifs is 1. The Labute approximate surface area is 160 Å². The van der Waals surface area contributed by atoms with Crippen molar-refractivity contribution in [3.63, 3.8) is 0 Å². The first-order valence-electron chi connectivity index (χ1n) is 8.79. The molecule has 3 rings (SSSR count). The minimum Gasteiger partial charge on any atom is -0.486 e. The maximum Gasteiger partial charge on any atom is 0.421 e. The highest BCUT2D eigenvalue weighted by molar-refractivity contribution is 5.77. The molecule has 0 fully saturated rings. The van der Waals surface area contributed by atoms with Crippen LogP contribution in [0.2, 0.25) is 0 Å². The van der Waals surface area contributed by atoms with Gasteiger partial charge in [-0.1, -0.05) is 36.4 Å². The molecule has 0 aliphatic carbocycles. The minimum atomic E-state index is -4.98. The molecule has 1 aliphatic heterocycles. The largest absolute Gasteiger partial charge is 0.486 e. The average Bonchev–Trinajstić information content (AvgIpc) is 2.67. The summed E-state index contributed by atoms with van der Waals surface area (Å²) in [7, 11) is 0. The van der Waals surface area contributed by atoms with E-state index in [2.05, 4.69) is 5.32 Å². The minimum absolute atomic E-state index is 0.126. The number of aliphatic hydroxyl groups is 1. The molecule has 8 heteroatoms. The Balaban J connectivity index is 1.60. The van der Waals surface area contributed by atoms with Gasteiger partial charge >= 0.3 is 6.18 Å². The molecule has 1 heterocycles. The number of carbonyl (C=O) groups excluding carboxylic acids is 1. The predicted octanol–water partition coefficient (Wildman–Crippen LogP) is 2.96. The second-order valence-electron chi connectivity index (χ2n) is 6.48. The second-order valence-corrected chi connectivity index (χ2v) is 6.48. The van der Waals surface area contributed by atoms with Crippen LogP contribution >= 0.6 is 0 Å². The molecule has 0 aromatic heterocycles. The third-order valence-electron chi connectivity index (χ3n) is 4.48. The van der Waals surface area contributed by atoms with Crippen molar-refractivity contribution in [3.8, 4) is 11.5 Å². The molecule has 0 spiro atoms. The van der Waals surface area contributed by atoms with Crippen LogP contribution in [0.1, 0.15) is 17.5 Å². The lowest BCUT2D eigenvalue weighted by molar-refractivity contribution is -0.267. The van der Waals surface area contributed by atoms with E-state index in [9.17, 15) is 23.1 Å². The highest BCUT2D eigenvalue weighted by atomic mass is 19.4. The predicted molar refractivity (Wildman–Crippen MR) is 95.2 cm³/mol. The number of benzene rings is 2. The van der Waals surface area contributed by atoms with Crippen LogP contribution in [0, 0.1) is 0 Å². The van der Waals surface area contributed by atoms with Gasteiger partial charge in [-0.15, -0.1) is 0 Å². The Kier molecular flexibility index (Phi) is 5.79. The SMILES string of the molecule is O=C(C[C@@](O)(c1ccccc1)C(F)(F)F)NCCc1ccc2c(c1)OCCO2. The van der Waals surface area contributed by atoms with Crippen LogP contribution in [0.5, 0.6) is 11.5 Å². The van der Waals surface area contributed by atoms with Crippen LogP contribution in [0.15, 0.2) is 48.5 Å². The van der Waals surface area contributed by atoms with E-state index in [0.29, 0.717) is 31.1 Å². The number of carbonyl (C=O) groups is 1. The van der Waals surface area contributed by atoms with Gasteiger partial charge in [0.15, 0.2) is 17.1 Å². The van der Waals surface area contributed by atoms with Gasteiger partial charge in [-0.2, -0.15) is 13.2 Å². The van der Waals surface area contributed by atoms with Crippen LogP contribution < -0.4 is 14.8 Å². The second kappa shape index (κ2) is 8.10. The van der Waals surface area contributed by atoms with Gasteiger partial charge in [0.1, 0.15) is 13.2 Å². The lowest BCUT2D eigenvalue weighted by Crippen LogP contribution is -2.46. The smallest absolute Gasteiger partial charge is 0.421 e. The van der Waals surface area contributed by atoms with Crippen molar-refractivity contribution < 1.29 is 32.5 Å². The molecule has 2 aromatic rings. The lowest BCUT2D eigenvalue weighted by atomic mass is 9.89. The Hall–Kier alpha value is -2.74. The summed E-state index contributed by atoms with van der Waals surface area (Å²) < 4.78 is 51.2. The lowest BCUT2D eigenvalue weighted by Gasteiger charge is -2.30. The number of rotatable bonds is 6. The van der Waals surface area contributed by atoms with Crippen molar-refractivity contribution in [2.24, 2.45) is 0 Å². The van der Waals surface area contributed by atoms with Gasteiger partial charge in [-0.25, -0.2) is 0 Å². The summed E-state index contributed by atoms with van der Waals surface area (Å²) in [5.41, 5.74) is -2.77. The maximum absolute atomic E-state index is 13.4. The summed E-state index contributed by atoms with van der Waals surface area (Å²) in [4.78, 5) is 12.1. The fraction of sp³-hybridized carbons (Fsp3) is 0.350. The Morgan fingerprint density at radius 3 is 2.39 bits per heavy atom. The summed E-state index contributed by atoms with van der Waals surface area (Å²) in [5, 5.41) is 12.7. The molecule has 150 valence electrons. The first kappa shape index (κ1) is 20.0. The molecule has 0 saturated heterocycles. The number of halogens is 3. The average molecular weight is 395 g/mol. The fourth-order valence-electron chi connectivity index (χ4n) is 2.96. The third-order valence-corrected chi connectivity index (χ3v) is 4.48. The molecule has 2 N–H and O–H groups in total. The van der Waals surface area contributed by atoms with E-state index in [4.69, 9.17) is 9.47 Å². The summed E-state index contributed by atoms with van der Waals surface area (Å²) in [6.07, 6.45) is -5.69. The highest BCUT2D eigenvalue weighted by Crippen LogP contribution is 2.41. The van der Waals surface area contributed by atoms with Gasteiger partial charge in [0.25, 0.3) is 0 Å². The van der Waals surface area contributed by atoms with Gasteiger partial charge in [0.2, 0.25) is 5.91 Å². The summed E-state index contributed by atoms with van der Waals surface area (Å²) in [6.45, 7) is 1.05. The third kappa shape index (κ3) is 4.39. The molecule has 1 atom stereocenters. The Morgan fingerprint density at radius 1 is 1.04 bits per heavy atom. The molecule has 28 heavy (non-hydrogen) atoms. The number of amides is 1. The topological polar surface area (TPSA) is 67.8 Å². The maximum atomic E-state index is 13.4. The van der Waals surface area contributed by atoms with Crippen LogP contribution in [0.3, 0.4) is 0 Å². The molecule has 1 amide bonds. The van der Waals surface area contributed by atoms with Gasteiger partial charge < -0.3 is 19.9 Å². The molecule has 1 aliphatic rings. The summed E-state index contributed by atoms with van der Waals surface area (Å²) in [6, 6.07) is 11.9. The first-order valence-corrected chi connectivity index (χ1v) is 8.79. The van der Waals surface area contributed by atoms with E-state index in [1.807, 2.05) is 0 Å². The molecular weight excluding hydrogens is 375 g/mol. The van der Waals surface area contributed by atoms with Crippen molar-refractivity contribution in [3.05, 3.63) is 59.7 Å². The van der Waals surface area contributed by atoms with Crippen molar-refractivity contribution >= 4 is 5.91 Å². The van der Waals surface area contributed by atoms with Crippen LogP contribution in [-0.2, 0) is 16.8 Å². The van der Waals surface area contributed by atoms with Gasteiger partial charge in [0, 0.05) is 6.54 Å². The summed E-state index contributed by atoms with van der Waals surface area (Å²) in [5.74, 6) is 0.351. The Morgan fingerprint density at radius 2 is 1.71 bits per heavy atom. The van der Waals surface area contributed by atoms with Crippen LogP contribution in [-0.4, -0.2) is 36.9 Å². The number of ether oxygens (including phenoxy) is 2. The normalized spacial score (nSPS) is 15.6. The fourth-order valence-corrected chi connectivity index (χ4v) is 2.96. The van der Waals surface area contributed by atoms with E-state index in [1.54, 1.807) is 18.2 Å². The molecule has 5 nitrogen and oxygen atoms in total. The van der Waals surface area contributed by atoms with Crippen molar-refractivity contribution in [1.29, 1.82) is 0 Å². The zero-order valence-corrected chi connectivity index (χ0v) is 15.0. The number of alkyl halides is 3. The Bertz CT molecular complexity index is 826. The molecule has 0 bridgehead atoms. The zero-order chi connectivity index (χ0) is 20.2. The highest BCUT2D eigenvalue weighted by Gasteiger charge is 2.55. The number of hydrogen-bond acceptors (Lipinski definition) is 4. The molecular formula is C20H20F3NO4. The number of nitrogens with one attached hydrogen (secondary N) is 1. The molecule has 0 saturated carbocycles. The number of hydrogen-bond donors (Lipinski definition) is 2. The standard InChI is InChI=1S/C20H20F3NO4/c21-20(22,23)19(26,15-4-2-1-3-5-15)13-18(25)24-9-8-14-6-7-16-17(12-14)28-11-10-27-16/h1-7,12,26H,8-11,13H2,(H,24,25)/t19-/m1/s1. The molecule has 2 aromatic carbocycles. The van der Waals surface area contributed by atoms with E-state index in [-0.39, 0.29) is 12.1 Å². The van der Waals surface area contributed by atoms with Crippen molar-refractivity contribution in [2.45, 2.75) is 24.6 Å². The van der Waals surface area contributed by atoms with E-state index in [0.717, 1.165) is 17.7 Å². The molecule has 0 radical (unpaired) electrons. The van der Waals surface area contributed by atoms with Gasteiger partial charge in [0.05, 0.1) is 6.42 Å². The van der Waals surface area contributed by atoms with Gasteiger partial charge in [-0.05, 0) is 29.7 Å². The van der Waals surface area contributed by atoms with Crippen LogP contribution in [0.4, 0.5) is 13.2 Å². The quantitative estimate of drug-likeness (QED) is 0.789.